The maximum atomic E-state index is 12.7. The summed E-state index contributed by atoms with van der Waals surface area (Å²) in [4.78, 5) is 14.5. The SMILES string of the molecule is Cn1nccc1/C=C/C(=O)N1CCCC1(CO)Cc1ccccc1. The first-order valence-corrected chi connectivity index (χ1v) is 8.27. The number of nitrogens with zero attached hydrogens (tertiary/aromatic N) is 3. The van der Waals surface area contributed by atoms with Crippen molar-refractivity contribution in [1.29, 1.82) is 0 Å². The normalized spacial score (nSPS) is 20.8. The first-order chi connectivity index (χ1) is 11.6. The average molecular weight is 325 g/mol. The van der Waals surface area contributed by atoms with Gasteiger partial charge in [-0.15, -0.1) is 0 Å². The molecule has 0 spiro atoms. The zero-order valence-electron chi connectivity index (χ0n) is 13.9. The zero-order valence-corrected chi connectivity index (χ0v) is 13.9. The second-order valence-corrected chi connectivity index (χ2v) is 6.35. The van der Waals surface area contributed by atoms with Crippen LogP contribution in [0.5, 0.6) is 0 Å². The Morgan fingerprint density at radius 1 is 1.33 bits per heavy atom. The summed E-state index contributed by atoms with van der Waals surface area (Å²) in [7, 11) is 1.84. The van der Waals surface area contributed by atoms with E-state index in [2.05, 4.69) is 5.10 Å². The van der Waals surface area contributed by atoms with E-state index in [0.717, 1.165) is 24.1 Å². The maximum absolute atomic E-state index is 12.7. The van der Waals surface area contributed by atoms with Crippen LogP contribution < -0.4 is 0 Å². The van der Waals surface area contributed by atoms with Gasteiger partial charge < -0.3 is 10.0 Å². The van der Waals surface area contributed by atoms with Crippen LogP contribution in [0.3, 0.4) is 0 Å². The van der Waals surface area contributed by atoms with E-state index in [4.69, 9.17) is 0 Å². The highest BCUT2D eigenvalue weighted by atomic mass is 16.3. The van der Waals surface area contributed by atoms with Crippen molar-refractivity contribution in [3.8, 4) is 0 Å². The lowest BCUT2D eigenvalue weighted by Gasteiger charge is -2.37. The molecule has 126 valence electrons. The molecule has 0 bridgehead atoms. The highest BCUT2D eigenvalue weighted by Crippen LogP contribution is 2.32. The Labute approximate surface area is 142 Å². The summed E-state index contributed by atoms with van der Waals surface area (Å²) < 4.78 is 1.72. The lowest BCUT2D eigenvalue weighted by Crippen LogP contribution is -2.51. The Morgan fingerprint density at radius 3 is 2.79 bits per heavy atom. The van der Waals surface area contributed by atoms with Gasteiger partial charge >= 0.3 is 0 Å². The molecule has 1 aliphatic rings. The summed E-state index contributed by atoms with van der Waals surface area (Å²) >= 11 is 0. The minimum Gasteiger partial charge on any atom is -0.394 e. The van der Waals surface area contributed by atoms with E-state index in [1.165, 1.54) is 0 Å². The molecule has 0 aliphatic carbocycles. The summed E-state index contributed by atoms with van der Waals surface area (Å²) in [5.41, 5.74) is 1.51. The largest absolute Gasteiger partial charge is 0.394 e. The van der Waals surface area contributed by atoms with Crippen LogP contribution in [-0.2, 0) is 18.3 Å². The molecule has 0 saturated carbocycles. The highest BCUT2D eigenvalue weighted by molar-refractivity contribution is 5.92. The predicted molar refractivity (Wildman–Crippen MR) is 93.2 cm³/mol. The molecule has 24 heavy (non-hydrogen) atoms. The van der Waals surface area contributed by atoms with Crippen molar-refractivity contribution in [2.75, 3.05) is 13.2 Å². The van der Waals surface area contributed by atoms with Crippen molar-refractivity contribution in [2.45, 2.75) is 24.8 Å². The number of aliphatic hydroxyl groups excluding tert-OH is 1. The fraction of sp³-hybridized carbons (Fsp3) is 0.368. The number of carbonyl (C=O) groups excluding carboxylic acids is 1. The topological polar surface area (TPSA) is 58.4 Å². The van der Waals surface area contributed by atoms with Crippen molar-refractivity contribution in [3.63, 3.8) is 0 Å². The van der Waals surface area contributed by atoms with E-state index < -0.39 is 5.54 Å². The number of likely N-dealkylation sites (tertiary alicyclic amines) is 1. The molecule has 1 saturated heterocycles. The van der Waals surface area contributed by atoms with Crippen molar-refractivity contribution in [3.05, 3.63) is 59.9 Å². The van der Waals surface area contributed by atoms with Gasteiger partial charge in [0, 0.05) is 25.9 Å². The first kappa shape index (κ1) is 16.5. The molecule has 3 rings (SSSR count). The summed E-state index contributed by atoms with van der Waals surface area (Å²) in [6.45, 7) is 0.662. The molecule has 5 nitrogen and oxygen atoms in total. The van der Waals surface area contributed by atoms with Crippen molar-refractivity contribution in [2.24, 2.45) is 7.05 Å². The smallest absolute Gasteiger partial charge is 0.247 e. The fourth-order valence-electron chi connectivity index (χ4n) is 3.46. The third-order valence-electron chi connectivity index (χ3n) is 4.79. The number of aromatic nitrogens is 2. The number of aliphatic hydroxyl groups is 1. The Kier molecular flexibility index (Phi) is 4.81. The molecule has 1 fully saturated rings. The first-order valence-electron chi connectivity index (χ1n) is 8.27. The van der Waals surface area contributed by atoms with E-state index in [0.29, 0.717) is 13.0 Å². The van der Waals surface area contributed by atoms with Gasteiger partial charge in [0.25, 0.3) is 0 Å². The molecular weight excluding hydrogens is 302 g/mol. The third kappa shape index (κ3) is 3.26. The minimum atomic E-state index is -0.505. The predicted octanol–water partition coefficient (Wildman–Crippen LogP) is 2.03. The van der Waals surface area contributed by atoms with Gasteiger partial charge in [-0.3, -0.25) is 9.48 Å². The number of benzene rings is 1. The van der Waals surface area contributed by atoms with Crippen LogP contribution in [0.4, 0.5) is 0 Å². The lowest BCUT2D eigenvalue weighted by atomic mass is 9.88. The zero-order chi connectivity index (χ0) is 17.0. The number of aryl methyl sites for hydroxylation is 1. The van der Waals surface area contributed by atoms with E-state index in [1.54, 1.807) is 23.0 Å². The van der Waals surface area contributed by atoms with Crippen LogP contribution in [-0.4, -0.2) is 44.4 Å². The molecule has 2 heterocycles. The molecule has 1 atom stereocenters. The molecule has 1 unspecified atom stereocenters. The summed E-state index contributed by atoms with van der Waals surface area (Å²) in [6.07, 6.45) is 7.47. The standard InChI is InChI=1S/C19H23N3O2/c1-21-17(10-12-20-21)8-9-18(24)22-13-5-11-19(22,15-23)14-16-6-3-2-4-7-16/h2-4,6-10,12,23H,5,11,13-15H2,1H3/b9-8+. The van der Waals surface area contributed by atoms with Crippen LogP contribution in [0.15, 0.2) is 48.7 Å². The van der Waals surface area contributed by atoms with Gasteiger partial charge in [-0.25, -0.2) is 0 Å². The molecular formula is C19H23N3O2. The Bertz CT molecular complexity index is 723. The molecule has 5 heteroatoms. The Balaban J connectivity index is 1.79. The summed E-state index contributed by atoms with van der Waals surface area (Å²) in [5.74, 6) is -0.0568. The van der Waals surface area contributed by atoms with Crippen LogP contribution in [0, 0.1) is 0 Å². The van der Waals surface area contributed by atoms with E-state index in [9.17, 15) is 9.90 Å². The minimum absolute atomic E-state index is 0.0207. The Hall–Kier alpha value is -2.40. The number of carbonyl (C=O) groups is 1. The summed E-state index contributed by atoms with van der Waals surface area (Å²) in [6, 6.07) is 11.9. The molecule has 1 N–H and O–H groups in total. The molecule has 1 aliphatic heterocycles. The Morgan fingerprint density at radius 2 is 2.12 bits per heavy atom. The van der Waals surface area contributed by atoms with E-state index in [1.807, 2.05) is 48.3 Å². The van der Waals surface area contributed by atoms with Gasteiger partial charge in [-0.2, -0.15) is 5.10 Å². The van der Waals surface area contributed by atoms with Crippen molar-refractivity contribution < 1.29 is 9.90 Å². The van der Waals surface area contributed by atoms with E-state index >= 15 is 0 Å². The van der Waals surface area contributed by atoms with Crippen LogP contribution in [0.1, 0.15) is 24.1 Å². The van der Waals surface area contributed by atoms with Crippen LogP contribution >= 0.6 is 0 Å². The van der Waals surface area contributed by atoms with Gasteiger partial charge in [0.1, 0.15) is 0 Å². The summed E-state index contributed by atoms with van der Waals surface area (Å²) in [5, 5.41) is 14.2. The van der Waals surface area contributed by atoms with E-state index in [-0.39, 0.29) is 12.5 Å². The van der Waals surface area contributed by atoms with Gasteiger partial charge in [0.05, 0.1) is 17.8 Å². The van der Waals surface area contributed by atoms with Gasteiger partial charge in [0.2, 0.25) is 5.91 Å². The van der Waals surface area contributed by atoms with Crippen LogP contribution in [0.25, 0.3) is 6.08 Å². The number of hydrogen-bond acceptors (Lipinski definition) is 3. The monoisotopic (exact) mass is 325 g/mol. The van der Waals surface area contributed by atoms with Crippen molar-refractivity contribution in [1.82, 2.24) is 14.7 Å². The second kappa shape index (κ2) is 7.01. The quantitative estimate of drug-likeness (QED) is 0.856. The lowest BCUT2D eigenvalue weighted by molar-refractivity contribution is -0.131. The second-order valence-electron chi connectivity index (χ2n) is 6.35. The maximum Gasteiger partial charge on any atom is 0.247 e. The average Bonchev–Trinajstić information content (AvgIpc) is 3.20. The van der Waals surface area contributed by atoms with Gasteiger partial charge in [0.15, 0.2) is 0 Å². The van der Waals surface area contributed by atoms with Gasteiger partial charge in [-0.1, -0.05) is 30.3 Å². The number of amides is 1. The molecule has 1 aromatic heterocycles. The number of rotatable bonds is 5. The molecule has 0 radical (unpaired) electrons. The van der Waals surface area contributed by atoms with Crippen molar-refractivity contribution >= 4 is 12.0 Å². The molecule has 1 amide bonds. The van der Waals surface area contributed by atoms with Crippen LogP contribution in [0.2, 0.25) is 0 Å². The highest BCUT2D eigenvalue weighted by Gasteiger charge is 2.42. The fourth-order valence-corrected chi connectivity index (χ4v) is 3.46. The number of hydrogen-bond donors (Lipinski definition) is 1. The third-order valence-corrected chi connectivity index (χ3v) is 4.79. The molecule has 1 aromatic carbocycles. The molecule has 2 aromatic rings. The van der Waals surface area contributed by atoms with Gasteiger partial charge in [-0.05, 0) is 37.0 Å².